The molecule has 20 heavy (non-hydrogen) atoms. The molecule has 1 heterocycles. The Morgan fingerprint density at radius 3 is 2.90 bits per heavy atom. The number of carbonyl (C=O) groups is 1. The molecule has 1 atom stereocenters. The molecule has 1 aromatic carbocycles. The van der Waals surface area contributed by atoms with Gasteiger partial charge in [-0.2, -0.15) is 0 Å². The second-order valence-electron chi connectivity index (χ2n) is 4.22. The van der Waals surface area contributed by atoms with Crippen LogP contribution in [0.2, 0.25) is 10.0 Å². The predicted octanol–water partition coefficient (Wildman–Crippen LogP) is 3.23. The summed E-state index contributed by atoms with van der Waals surface area (Å²) in [5.74, 6) is -0.321. The van der Waals surface area contributed by atoms with Crippen molar-refractivity contribution in [2.45, 2.75) is 13.0 Å². The highest BCUT2D eigenvalue weighted by Gasteiger charge is 2.14. The highest BCUT2D eigenvalue weighted by Crippen LogP contribution is 2.32. The lowest BCUT2D eigenvalue weighted by Crippen LogP contribution is -2.30. The molecule has 1 amide bonds. The summed E-state index contributed by atoms with van der Waals surface area (Å²) in [5.41, 5.74) is 1.03. The summed E-state index contributed by atoms with van der Waals surface area (Å²) in [7, 11) is 0. The Kier molecular flexibility index (Phi) is 4.99. The highest BCUT2D eigenvalue weighted by atomic mass is 35.5. The number of aromatic nitrogens is 1. The highest BCUT2D eigenvalue weighted by molar-refractivity contribution is 7.13. The van der Waals surface area contributed by atoms with Crippen molar-refractivity contribution in [1.29, 1.82) is 0 Å². The predicted molar refractivity (Wildman–Crippen MR) is 81.6 cm³/mol. The molecule has 1 aromatic heterocycles. The largest absolute Gasteiger partial charge is 0.392 e. The zero-order chi connectivity index (χ0) is 14.7. The molecule has 0 aliphatic heterocycles. The molecule has 106 valence electrons. The van der Waals surface area contributed by atoms with Gasteiger partial charge in [0, 0.05) is 22.5 Å². The monoisotopic (exact) mass is 330 g/mol. The standard InChI is InChI=1S/C13H12Cl2N2O2S/c1-7(18)5-16-12(19)11-6-20-13(17-11)9-3-2-8(14)4-10(9)15/h2-4,6-7,18H,5H2,1H3,(H,16,19). The van der Waals surface area contributed by atoms with Crippen LogP contribution in [0.4, 0.5) is 0 Å². The zero-order valence-corrected chi connectivity index (χ0v) is 12.9. The van der Waals surface area contributed by atoms with Crippen molar-refractivity contribution in [1.82, 2.24) is 10.3 Å². The molecule has 1 unspecified atom stereocenters. The van der Waals surface area contributed by atoms with E-state index >= 15 is 0 Å². The normalized spacial score (nSPS) is 12.2. The molecule has 4 nitrogen and oxygen atoms in total. The first-order chi connectivity index (χ1) is 9.47. The summed E-state index contributed by atoms with van der Waals surface area (Å²) in [4.78, 5) is 16.0. The Balaban J connectivity index is 2.18. The molecule has 0 fully saturated rings. The maximum Gasteiger partial charge on any atom is 0.270 e. The third kappa shape index (κ3) is 3.70. The zero-order valence-electron chi connectivity index (χ0n) is 10.6. The second-order valence-corrected chi connectivity index (χ2v) is 5.92. The van der Waals surface area contributed by atoms with Crippen molar-refractivity contribution >= 4 is 40.4 Å². The fourth-order valence-electron chi connectivity index (χ4n) is 1.50. The number of rotatable bonds is 4. The maximum atomic E-state index is 11.8. The van der Waals surface area contributed by atoms with Crippen molar-refractivity contribution in [2.75, 3.05) is 6.54 Å². The number of halogens is 2. The van der Waals surface area contributed by atoms with Crippen LogP contribution >= 0.6 is 34.5 Å². The van der Waals surface area contributed by atoms with Gasteiger partial charge in [0.25, 0.3) is 5.91 Å². The Morgan fingerprint density at radius 1 is 1.50 bits per heavy atom. The third-order valence-corrected chi connectivity index (χ3v) is 3.88. The number of hydrogen-bond acceptors (Lipinski definition) is 4. The van der Waals surface area contributed by atoms with E-state index in [9.17, 15) is 4.79 Å². The van der Waals surface area contributed by atoms with Crippen LogP contribution in [0.3, 0.4) is 0 Å². The summed E-state index contributed by atoms with van der Waals surface area (Å²) in [6, 6.07) is 5.12. The van der Waals surface area contributed by atoms with Crippen LogP contribution in [0, 0.1) is 0 Å². The number of aliphatic hydroxyl groups is 1. The van der Waals surface area contributed by atoms with Crippen molar-refractivity contribution in [3.05, 3.63) is 39.3 Å². The number of nitrogens with zero attached hydrogens (tertiary/aromatic N) is 1. The molecule has 0 spiro atoms. The van der Waals surface area contributed by atoms with Crippen molar-refractivity contribution in [3.8, 4) is 10.6 Å². The molecule has 0 saturated heterocycles. The molecular formula is C13H12Cl2N2O2S. The van der Waals surface area contributed by atoms with Crippen LogP contribution in [0.1, 0.15) is 17.4 Å². The number of nitrogens with one attached hydrogen (secondary N) is 1. The van der Waals surface area contributed by atoms with Gasteiger partial charge < -0.3 is 10.4 Å². The Hall–Kier alpha value is -1.14. The number of hydrogen-bond donors (Lipinski definition) is 2. The lowest BCUT2D eigenvalue weighted by molar-refractivity contribution is 0.0920. The first-order valence-electron chi connectivity index (χ1n) is 5.84. The first-order valence-corrected chi connectivity index (χ1v) is 7.48. The lowest BCUT2D eigenvalue weighted by atomic mass is 10.2. The minimum absolute atomic E-state index is 0.188. The van der Waals surface area contributed by atoms with E-state index in [1.807, 2.05) is 0 Å². The maximum absolute atomic E-state index is 11.8. The number of thiazole rings is 1. The van der Waals surface area contributed by atoms with Gasteiger partial charge in [-0.25, -0.2) is 4.98 Å². The minimum Gasteiger partial charge on any atom is -0.392 e. The van der Waals surface area contributed by atoms with E-state index in [1.165, 1.54) is 11.3 Å². The van der Waals surface area contributed by atoms with Crippen molar-refractivity contribution in [2.24, 2.45) is 0 Å². The topological polar surface area (TPSA) is 62.2 Å². The van der Waals surface area contributed by atoms with Gasteiger partial charge in [-0.1, -0.05) is 23.2 Å². The average Bonchev–Trinajstić information content (AvgIpc) is 2.85. The van der Waals surface area contributed by atoms with Gasteiger partial charge in [-0.15, -0.1) is 11.3 Å². The van der Waals surface area contributed by atoms with Crippen LogP contribution in [0.5, 0.6) is 0 Å². The third-order valence-electron chi connectivity index (χ3n) is 2.46. The molecule has 2 N–H and O–H groups in total. The summed E-state index contributed by atoms with van der Waals surface area (Å²) >= 11 is 13.3. The van der Waals surface area contributed by atoms with Gasteiger partial charge in [0.05, 0.1) is 11.1 Å². The van der Waals surface area contributed by atoms with Crippen molar-refractivity contribution in [3.63, 3.8) is 0 Å². The van der Waals surface area contributed by atoms with Gasteiger partial charge in [0.1, 0.15) is 10.7 Å². The number of aliphatic hydroxyl groups excluding tert-OH is 1. The van der Waals surface area contributed by atoms with E-state index in [2.05, 4.69) is 10.3 Å². The first kappa shape index (κ1) is 15.3. The molecule has 2 aromatic rings. The quantitative estimate of drug-likeness (QED) is 0.904. The lowest BCUT2D eigenvalue weighted by Gasteiger charge is -2.04. The number of benzene rings is 1. The molecule has 0 bridgehead atoms. The Bertz CT molecular complexity index is 629. The van der Waals surface area contributed by atoms with Crippen LogP contribution in [0.15, 0.2) is 23.6 Å². The van der Waals surface area contributed by atoms with Gasteiger partial charge in [0.15, 0.2) is 0 Å². The van der Waals surface area contributed by atoms with Gasteiger partial charge >= 0.3 is 0 Å². The molecular weight excluding hydrogens is 319 g/mol. The van der Waals surface area contributed by atoms with Crippen LogP contribution in [0.25, 0.3) is 10.6 Å². The number of amides is 1. The van der Waals surface area contributed by atoms with E-state index in [0.29, 0.717) is 20.7 Å². The van der Waals surface area contributed by atoms with E-state index in [1.54, 1.807) is 30.5 Å². The van der Waals surface area contributed by atoms with E-state index in [4.69, 9.17) is 28.3 Å². The molecule has 7 heteroatoms. The summed E-state index contributed by atoms with van der Waals surface area (Å²) in [6.07, 6.45) is -0.595. The van der Waals surface area contributed by atoms with Gasteiger partial charge in [-0.3, -0.25) is 4.79 Å². The molecule has 0 aliphatic rings. The van der Waals surface area contributed by atoms with E-state index in [-0.39, 0.29) is 12.5 Å². The van der Waals surface area contributed by atoms with Crippen LogP contribution < -0.4 is 5.32 Å². The fourth-order valence-corrected chi connectivity index (χ4v) is 2.89. The second kappa shape index (κ2) is 6.54. The smallest absolute Gasteiger partial charge is 0.270 e. The molecule has 2 rings (SSSR count). The SMILES string of the molecule is CC(O)CNC(=O)c1csc(-c2ccc(Cl)cc2Cl)n1. The summed E-state index contributed by atoms with van der Waals surface area (Å²) in [6.45, 7) is 1.79. The minimum atomic E-state index is -0.595. The van der Waals surface area contributed by atoms with Crippen LogP contribution in [-0.2, 0) is 0 Å². The van der Waals surface area contributed by atoms with E-state index in [0.717, 1.165) is 5.56 Å². The Morgan fingerprint density at radius 2 is 2.25 bits per heavy atom. The van der Waals surface area contributed by atoms with Gasteiger partial charge in [0.2, 0.25) is 0 Å². The summed E-state index contributed by atoms with van der Waals surface area (Å²) < 4.78 is 0. The fraction of sp³-hybridized carbons (Fsp3) is 0.231. The van der Waals surface area contributed by atoms with Gasteiger partial charge in [-0.05, 0) is 25.1 Å². The van der Waals surface area contributed by atoms with Crippen LogP contribution in [-0.4, -0.2) is 28.6 Å². The van der Waals surface area contributed by atoms with Crippen molar-refractivity contribution < 1.29 is 9.90 Å². The molecule has 0 saturated carbocycles. The number of carbonyl (C=O) groups excluding carboxylic acids is 1. The Labute approximate surface area is 130 Å². The van der Waals surface area contributed by atoms with E-state index < -0.39 is 6.10 Å². The molecule has 0 radical (unpaired) electrons. The average molecular weight is 331 g/mol. The summed E-state index contributed by atoms with van der Waals surface area (Å²) in [5, 5.41) is 15.1. The molecule has 0 aliphatic carbocycles.